The van der Waals surface area contributed by atoms with E-state index in [-0.39, 0.29) is 5.91 Å². The number of thiophene rings is 1. The average molecular weight is 300 g/mol. The number of carbonyl (C=O) groups is 1. The highest BCUT2D eigenvalue weighted by Gasteiger charge is 2.14. The van der Waals surface area contributed by atoms with Crippen LogP contribution in [-0.2, 0) is 6.42 Å². The third-order valence-corrected chi connectivity index (χ3v) is 4.20. The minimum atomic E-state index is -0.126. The van der Waals surface area contributed by atoms with E-state index in [1.165, 1.54) is 4.88 Å². The van der Waals surface area contributed by atoms with Gasteiger partial charge in [-0.05, 0) is 37.8 Å². The largest absolute Gasteiger partial charge is 0.352 e. The number of nitrogens with one attached hydrogen (secondary N) is 1. The minimum absolute atomic E-state index is 0.126. The molecule has 1 amide bonds. The van der Waals surface area contributed by atoms with E-state index < -0.39 is 0 Å². The lowest BCUT2D eigenvalue weighted by molar-refractivity contribution is 0.0955. The molecule has 0 saturated heterocycles. The second-order valence-corrected chi connectivity index (χ2v) is 5.95. The topological polar surface area (TPSA) is 59.3 Å². The van der Waals surface area contributed by atoms with Crippen LogP contribution in [0.1, 0.15) is 26.6 Å². The van der Waals surface area contributed by atoms with Crippen LogP contribution in [0.3, 0.4) is 0 Å². The highest BCUT2D eigenvalue weighted by molar-refractivity contribution is 7.09. The van der Waals surface area contributed by atoms with E-state index >= 15 is 0 Å². The number of aryl methyl sites for hydroxylation is 2. The van der Waals surface area contributed by atoms with E-state index in [4.69, 9.17) is 0 Å². The van der Waals surface area contributed by atoms with Crippen LogP contribution in [-0.4, -0.2) is 27.0 Å². The van der Waals surface area contributed by atoms with E-state index in [9.17, 15) is 4.79 Å². The summed E-state index contributed by atoms with van der Waals surface area (Å²) in [6.45, 7) is 4.48. The molecule has 0 aliphatic carbocycles. The molecule has 3 aromatic heterocycles. The summed E-state index contributed by atoms with van der Waals surface area (Å²) in [5.74, 6) is -0.126. The van der Waals surface area contributed by atoms with Crippen molar-refractivity contribution in [1.29, 1.82) is 0 Å². The molecule has 3 rings (SSSR count). The second kappa shape index (κ2) is 5.65. The van der Waals surface area contributed by atoms with E-state index in [0.29, 0.717) is 17.8 Å². The first-order chi connectivity index (χ1) is 10.1. The Kier molecular flexibility index (Phi) is 3.70. The van der Waals surface area contributed by atoms with E-state index in [0.717, 1.165) is 17.8 Å². The molecule has 0 aromatic carbocycles. The SMILES string of the molecule is Cc1cc(C)n2ncc(C(=O)NCCc3cccs3)c2n1. The Morgan fingerprint density at radius 3 is 3.05 bits per heavy atom. The van der Waals surface area contributed by atoms with E-state index in [1.54, 1.807) is 22.0 Å². The van der Waals surface area contributed by atoms with Gasteiger partial charge in [-0.15, -0.1) is 11.3 Å². The van der Waals surface area contributed by atoms with Crippen molar-refractivity contribution in [2.45, 2.75) is 20.3 Å². The molecule has 0 radical (unpaired) electrons. The van der Waals surface area contributed by atoms with Crippen LogP contribution in [0, 0.1) is 13.8 Å². The van der Waals surface area contributed by atoms with E-state index in [1.807, 2.05) is 31.4 Å². The molecule has 0 spiro atoms. The third kappa shape index (κ3) is 2.80. The van der Waals surface area contributed by atoms with Gasteiger partial charge in [0.1, 0.15) is 5.56 Å². The summed E-state index contributed by atoms with van der Waals surface area (Å²) >= 11 is 1.70. The van der Waals surface area contributed by atoms with Crippen molar-refractivity contribution in [3.63, 3.8) is 0 Å². The Balaban J connectivity index is 1.75. The summed E-state index contributed by atoms with van der Waals surface area (Å²) in [6, 6.07) is 6.03. The monoisotopic (exact) mass is 300 g/mol. The van der Waals surface area contributed by atoms with E-state index in [2.05, 4.69) is 21.5 Å². The molecule has 21 heavy (non-hydrogen) atoms. The first-order valence-corrected chi connectivity index (χ1v) is 7.65. The molecule has 0 atom stereocenters. The summed E-state index contributed by atoms with van der Waals surface area (Å²) in [7, 11) is 0. The Bertz CT molecular complexity index is 776. The van der Waals surface area contributed by atoms with Gasteiger partial charge in [-0.25, -0.2) is 9.50 Å². The van der Waals surface area contributed by atoms with Crippen LogP contribution in [0.2, 0.25) is 0 Å². The molecule has 108 valence electrons. The zero-order chi connectivity index (χ0) is 14.8. The first-order valence-electron chi connectivity index (χ1n) is 6.78. The predicted octanol–water partition coefficient (Wildman–Crippen LogP) is 2.38. The lowest BCUT2D eigenvalue weighted by Crippen LogP contribution is -2.25. The molecule has 0 saturated carbocycles. The number of fused-ring (bicyclic) bond motifs is 1. The highest BCUT2D eigenvalue weighted by Crippen LogP contribution is 2.12. The number of carbonyl (C=O) groups excluding carboxylic acids is 1. The molecule has 0 bridgehead atoms. The van der Waals surface area contributed by atoms with Crippen molar-refractivity contribution in [3.05, 3.63) is 51.6 Å². The van der Waals surface area contributed by atoms with Gasteiger partial charge in [-0.1, -0.05) is 6.07 Å². The Morgan fingerprint density at radius 1 is 1.43 bits per heavy atom. The fraction of sp³-hybridized carbons (Fsp3) is 0.267. The molecule has 3 heterocycles. The Hall–Kier alpha value is -2.21. The van der Waals surface area contributed by atoms with Crippen molar-refractivity contribution in [1.82, 2.24) is 19.9 Å². The molecule has 3 aromatic rings. The molecule has 5 nitrogen and oxygen atoms in total. The average Bonchev–Trinajstić information content (AvgIpc) is 3.07. The van der Waals surface area contributed by atoms with Gasteiger partial charge in [0.25, 0.3) is 5.91 Å². The van der Waals surface area contributed by atoms with Gasteiger partial charge in [0.2, 0.25) is 0 Å². The summed E-state index contributed by atoms with van der Waals surface area (Å²) in [6.07, 6.45) is 2.42. The van der Waals surface area contributed by atoms with Crippen LogP contribution in [0.5, 0.6) is 0 Å². The molecule has 0 unspecified atom stereocenters. The fourth-order valence-electron chi connectivity index (χ4n) is 2.28. The normalized spacial score (nSPS) is 11.0. The van der Waals surface area contributed by atoms with Gasteiger partial charge in [-0.3, -0.25) is 4.79 Å². The van der Waals surface area contributed by atoms with Crippen molar-refractivity contribution in [2.75, 3.05) is 6.54 Å². The maximum Gasteiger partial charge on any atom is 0.256 e. The molecule has 0 aliphatic heterocycles. The summed E-state index contributed by atoms with van der Waals surface area (Å²) < 4.78 is 1.70. The zero-order valence-electron chi connectivity index (χ0n) is 12.0. The lowest BCUT2D eigenvalue weighted by atomic mass is 10.3. The van der Waals surface area contributed by atoms with Crippen LogP contribution < -0.4 is 5.32 Å². The van der Waals surface area contributed by atoms with Crippen molar-refractivity contribution >= 4 is 22.9 Å². The van der Waals surface area contributed by atoms with Crippen LogP contribution in [0.15, 0.2) is 29.8 Å². The highest BCUT2D eigenvalue weighted by atomic mass is 32.1. The standard InChI is InChI=1S/C15H16N4OS/c1-10-8-11(2)19-14(18-10)13(9-17-19)15(20)16-6-5-12-4-3-7-21-12/h3-4,7-9H,5-6H2,1-2H3,(H,16,20). The summed E-state index contributed by atoms with van der Waals surface area (Å²) in [5, 5.41) is 9.20. The van der Waals surface area contributed by atoms with Crippen LogP contribution >= 0.6 is 11.3 Å². The van der Waals surface area contributed by atoms with Gasteiger partial charge in [-0.2, -0.15) is 5.10 Å². The van der Waals surface area contributed by atoms with Crippen LogP contribution in [0.25, 0.3) is 5.65 Å². The number of amides is 1. The summed E-state index contributed by atoms with van der Waals surface area (Å²) in [5.41, 5.74) is 2.98. The number of hydrogen-bond donors (Lipinski definition) is 1. The maximum absolute atomic E-state index is 12.3. The Morgan fingerprint density at radius 2 is 2.29 bits per heavy atom. The Labute approximate surface area is 126 Å². The number of hydrogen-bond acceptors (Lipinski definition) is 4. The first kappa shape index (κ1) is 13.8. The maximum atomic E-state index is 12.3. The molecule has 0 fully saturated rings. The van der Waals surface area contributed by atoms with Crippen molar-refractivity contribution < 1.29 is 4.79 Å². The van der Waals surface area contributed by atoms with Gasteiger partial charge in [0.05, 0.1) is 6.20 Å². The number of aromatic nitrogens is 3. The molecular weight excluding hydrogens is 284 g/mol. The smallest absolute Gasteiger partial charge is 0.256 e. The van der Waals surface area contributed by atoms with Crippen LogP contribution in [0.4, 0.5) is 0 Å². The third-order valence-electron chi connectivity index (χ3n) is 3.26. The van der Waals surface area contributed by atoms with Gasteiger partial charge in [0, 0.05) is 22.8 Å². The molecule has 0 aliphatic rings. The van der Waals surface area contributed by atoms with Gasteiger partial charge in [0.15, 0.2) is 5.65 Å². The number of nitrogens with zero attached hydrogens (tertiary/aromatic N) is 3. The quantitative estimate of drug-likeness (QED) is 0.805. The number of rotatable bonds is 4. The second-order valence-electron chi connectivity index (χ2n) is 4.92. The minimum Gasteiger partial charge on any atom is -0.352 e. The van der Waals surface area contributed by atoms with Gasteiger partial charge >= 0.3 is 0 Å². The predicted molar refractivity (Wildman–Crippen MR) is 82.8 cm³/mol. The molecule has 1 N–H and O–H groups in total. The van der Waals surface area contributed by atoms with Crippen molar-refractivity contribution in [3.8, 4) is 0 Å². The van der Waals surface area contributed by atoms with Gasteiger partial charge < -0.3 is 5.32 Å². The van der Waals surface area contributed by atoms with Crippen molar-refractivity contribution in [2.24, 2.45) is 0 Å². The molecule has 6 heteroatoms. The molecular formula is C15H16N4OS. The summed E-state index contributed by atoms with van der Waals surface area (Å²) in [4.78, 5) is 18.0. The zero-order valence-corrected chi connectivity index (χ0v) is 12.8. The lowest BCUT2D eigenvalue weighted by Gasteiger charge is -2.04. The fourth-order valence-corrected chi connectivity index (χ4v) is 2.99.